The zero-order chi connectivity index (χ0) is 23.8. The number of amides is 3. The van der Waals surface area contributed by atoms with E-state index in [2.05, 4.69) is 5.32 Å². The molecule has 2 fully saturated rings. The average molecular weight is 469 g/mol. The lowest BCUT2D eigenvalue weighted by Crippen LogP contribution is -2.56. The van der Waals surface area contributed by atoms with Crippen LogP contribution >= 0.6 is 0 Å². The number of likely N-dealkylation sites (tertiary alicyclic amines) is 1. The predicted octanol–water partition coefficient (Wildman–Crippen LogP) is 3.55. The van der Waals surface area contributed by atoms with E-state index in [1.807, 2.05) is 11.0 Å². The molecule has 0 aliphatic carbocycles. The van der Waals surface area contributed by atoms with E-state index in [9.17, 15) is 23.2 Å². The lowest BCUT2D eigenvalue weighted by Gasteiger charge is -2.45. The second-order valence-corrected chi connectivity index (χ2v) is 9.00. The van der Waals surface area contributed by atoms with Crippen LogP contribution in [0.2, 0.25) is 0 Å². The van der Waals surface area contributed by atoms with Crippen molar-refractivity contribution in [3.05, 3.63) is 53.6 Å². The minimum absolute atomic E-state index is 0.0975. The van der Waals surface area contributed by atoms with E-state index in [4.69, 9.17) is 0 Å². The number of nitrogens with one attached hydrogen (secondary N) is 1. The van der Waals surface area contributed by atoms with Crippen molar-refractivity contribution in [3.8, 4) is 0 Å². The molecule has 3 aliphatic heterocycles. The van der Waals surface area contributed by atoms with E-state index in [1.54, 1.807) is 17.0 Å². The first-order chi connectivity index (χ1) is 16.4. The van der Waals surface area contributed by atoms with Crippen molar-refractivity contribution in [1.82, 2.24) is 4.90 Å². The molecular weight excluding hydrogens is 442 g/mol. The first kappa shape index (κ1) is 22.3. The molecule has 3 amide bonds. The highest BCUT2D eigenvalue weighted by Gasteiger charge is 2.40. The predicted molar refractivity (Wildman–Crippen MR) is 124 cm³/mol. The van der Waals surface area contributed by atoms with Gasteiger partial charge in [0, 0.05) is 31.3 Å². The third-order valence-electron chi connectivity index (χ3n) is 6.77. The summed E-state index contributed by atoms with van der Waals surface area (Å²) >= 11 is 0. The summed E-state index contributed by atoms with van der Waals surface area (Å²) in [4.78, 5) is 44.4. The van der Waals surface area contributed by atoms with Crippen molar-refractivity contribution >= 4 is 34.8 Å². The molecule has 5 rings (SSSR count). The monoisotopic (exact) mass is 468 g/mol. The molecule has 0 saturated carbocycles. The molecule has 3 aliphatic rings. The number of piperidine rings is 1. The topological polar surface area (TPSA) is 73.0 Å². The summed E-state index contributed by atoms with van der Waals surface area (Å²) in [6, 6.07) is 7.71. The van der Waals surface area contributed by atoms with Crippen LogP contribution < -0.4 is 15.1 Å². The Balaban J connectivity index is 1.46. The second-order valence-electron chi connectivity index (χ2n) is 9.00. The Bertz CT molecular complexity index is 1150. The van der Waals surface area contributed by atoms with Gasteiger partial charge in [-0.25, -0.2) is 8.78 Å². The fourth-order valence-electron chi connectivity index (χ4n) is 5.08. The van der Waals surface area contributed by atoms with E-state index < -0.39 is 17.5 Å². The molecule has 0 aromatic heterocycles. The van der Waals surface area contributed by atoms with Gasteiger partial charge in [-0.2, -0.15) is 0 Å². The first-order valence-corrected chi connectivity index (χ1v) is 11.7. The van der Waals surface area contributed by atoms with Crippen LogP contribution in [0.1, 0.15) is 42.5 Å². The number of carbonyl (C=O) groups is 3. The van der Waals surface area contributed by atoms with Crippen molar-refractivity contribution in [2.24, 2.45) is 0 Å². The molecular formula is C25H26F2N4O3. The summed E-state index contributed by atoms with van der Waals surface area (Å²) in [6.45, 7) is 1.76. The quantitative estimate of drug-likeness (QED) is 0.745. The van der Waals surface area contributed by atoms with Crippen LogP contribution in [0.15, 0.2) is 36.4 Å². The molecule has 2 aromatic carbocycles. The van der Waals surface area contributed by atoms with Gasteiger partial charge in [0.1, 0.15) is 24.2 Å². The number of benzene rings is 2. The zero-order valence-corrected chi connectivity index (χ0v) is 18.7. The number of carbonyl (C=O) groups excluding carboxylic acids is 3. The zero-order valence-electron chi connectivity index (χ0n) is 18.7. The number of hydrogen-bond donors (Lipinski definition) is 1. The van der Waals surface area contributed by atoms with Gasteiger partial charge in [0.05, 0.1) is 17.1 Å². The molecule has 3 heterocycles. The molecule has 0 bridgehead atoms. The molecule has 9 heteroatoms. The lowest BCUT2D eigenvalue weighted by molar-refractivity contribution is -0.123. The molecule has 1 atom stereocenters. The molecule has 2 saturated heterocycles. The third-order valence-corrected chi connectivity index (χ3v) is 6.77. The van der Waals surface area contributed by atoms with Gasteiger partial charge in [-0.15, -0.1) is 0 Å². The first-order valence-electron chi connectivity index (χ1n) is 11.7. The maximum atomic E-state index is 14.0. The summed E-state index contributed by atoms with van der Waals surface area (Å²) < 4.78 is 27.5. The Labute approximate surface area is 196 Å². The van der Waals surface area contributed by atoms with Gasteiger partial charge in [0.2, 0.25) is 11.8 Å². The van der Waals surface area contributed by atoms with Crippen molar-refractivity contribution < 1.29 is 23.2 Å². The Morgan fingerprint density at radius 3 is 2.50 bits per heavy atom. The number of anilines is 3. The van der Waals surface area contributed by atoms with Gasteiger partial charge in [0.25, 0.3) is 5.91 Å². The Morgan fingerprint density at radius 1 is 0.941 bits per heavy atom. The molecule has 0 spiro atoms. The van der Waals surface area contributed by atoms with Gasteiger partial charge in [-0.1, -0.05) is 0 Å². The number of fused-ring (bicyclic) bond motifs is 3. The molecule has 1 N–H and O–H groups in total. The Hall–Kier alpha value is -3.49. The van der Waals surface area contributed by atoms with Crippen molar-refractivity contribution in [2.45, 2.75) is 38.1 Å². The molecule has 0 unspecified atom stereocenters. The van der Waals surface area contributed by atoms with Crippen LogP contribution in [0.3, 0.4) is 0 Å². The summed E-state index contributed by atoms with van der Waals surface area (Å²) in [7, 11) is 0. The lowest BCUT2D eigenvalue weighted by atomic mass is 9.95. The van der Waals surface area contributed by atoms with E-state index in [1.165, 1.54) is 4.90 Å². The highest BCUT2D eigenvalue weighted by molar-refractivity contribution is 6.11. The highest BCUT2D eigenvalue weighted by atomic mass is 19.1. The second kappa shape index (κ2) is 9.04. The van der Waals surface area contributed by atoms with E-state index >= 15 is 0 Å². The SMILES string of the molecule is O=C(CN1C(=O)[C@H]2CCCCN2c2ccc(C(=O)N3CCCC3)cc21)Nc1cc(F)ccc1F. The summed E-state index contributed by atoms with van der Waals surface area (Å²) in [5.74, 6) is -2.42. The average Bonchev–Trinajstić information content (AvgIpc) is 3.38. The number of hydrogen-bond acceptors (Lipinski definition) is 4. The fraction of sp³-hybridized carbons (Fsp3) is 0.400. The Morgan fingerprint density at radius 2 is 1.71 bits per heavy atom. The number of nitrogens with zero attached hydrogens (tertiary/aromatic N) is 3. The minimum Gasteiger partial charge on any atom is -0.358 e. The van der Waals surface area contributed by atoms with Crippen LogP contribution in [0, 0.1) is 11.6 Å². The van der Waals surface area contributed by atoms with E-state index in [-0.39, 0.29) is 30.1 Å². The van der Waals surface area contributed by atoms with Crippen LogP contribution in [-0.4, -0.2) is 54.8 Å². The van der Waals surface area contributed by atoms with E-state index in [0.717, 1.165) is 56.1 Å². The van der Waals surface area contributed by atoms with Crippen LogP contribution in [0.4, 0.5) is 25.8 Å². The van der Waals surface area contributed by atoms with Crippen molar-refractivity contribution in [1.29, 1.82) is 0 Å². The smallest absolute Gasteiger partial charge is 0.253 e. The maximum absolute atomic E-state index is 14.0. The van der Waals surface area contributed by atoms with Crippen LogP contribution in [0.25, 0.3) is 0 Å². The molecule has 7 nitrogen and oxygen atoms in total. The summed E-state index contributed by atoms with van der Waals surface area (Å²) in [5, 5.41) is 2.37. The highest BCUT2D eigenvalue weighted by Crippen LogP contribution is 2.40. The Kier molecular flexibility index (Phi) is 5.93. The summed E-state index contributed by atoms with van der Waals surface area (Å²) in [6.07, 6.45) is 4.46. The van der Waals surface area contributed by atoms with Crippen molar-refractivity contribution in [3.63, 3.8) is 0 Å². The minimum atomic E-state index is -0.767. The molecule has 0 radical (unpaired) electrons. The number of rotatable bonds is 4. The van der Waals surface area contributed by atoms with Gasteiger partial charge in [-0.05, 0) is 62.4 Å². The van der Waals surface area contributed by atoms with Gasteiger partial charge >= 0.3 is 0 Å². The number of halogens is 2. The third kappa shape index (κ3) is 4.10. The normalized spacial score (nSPS) is 19.6. The summed E-state index contributed by atoms with van der Waals surface area (Å²) in [5.41, 5.74) is 1.47. The van der Waals surface area contributed by atoms with Gasteiger partial charge in [0.15, 0.2) is 0 Å². The standard InChI is InChI=1S/C25H26F2N4O3/c26-17-7-8-18(27)19(14-17)28-23(32)15-31-22-13-16(24(33)29-10-3-4-11-29)6-9-20(22)30-12-2-1-5-21(30)25(31)34/h6-9,13-14,21H,1-5,10-12,15H2,(H,28,32)/t21-/m1/s1. The molecule has 178 valence electrons. The largest absolute Gasteiger partial charge is 0.358 e. The van der Waals surface area contributed by atoms with Crippen LogP contribution in [0.5, 0.6) is 0 Å². The van der Waals surface area contributed by atoms with Gasteiger partial charge in [-0.3, -0.25) is 19.3 Å². The fourth-order valence-corrected chi connectivity index (χ4v) is 5.08. The maximum Gasteiger partial charge on any atom is 0.253 e. The molecule has 34 heavy (non-hydrogen) atoms. The van der Waals surface area contributed by atoms with E-state index in [0.29, 0.717) is 30.8 Å². The van der Waals surface area contributed by atoms with Crippen molar-refractivity contribution in [2.75, 3.05) is 41.3 Å². The van der Waals surface area contributed by atoms with Crippen LogP contribution in [-0.2, 0) is 9.59 Å². The molecule has 2 aromatic rings. The van der Waals surface area contributed by atoms with Gasteiger partial charge < -0.3 is 15.1 Å².